The molecule has 1 fully saturated rings. The molecule has 0 aliphatic heterocycles. The molecule has 1 aliphatic rings. The van der Waals surface area contributed by atoms with Gasteiger partial charge in [0.2, 0.25) is 0 Å². The Balaban J connectivity index is 2.10. The van der Waals surface area contributed by atoms with Crippen LogP contribution in [0, 0.1) is 11.8 Å². The first-order chi connectivity index (χ1) is 5.11. The second kappa shape index (κ2) is 3.55. The molecule has 0 aromatic rings. The number of rotatable bonds is 3. The van der Waals surface area contributed by atoms with E-state index in [1.807, 2.05) is 6.92 Å². The molecule has 11 heavy (non-hydrogen) atoms. The molecule has 3 N–H and O–H groups in total. The molecule has 0 spiro atoms. The summed E-state index contributed by atoms with van der Waals surface area (Å²) in [4.78, 5) is 0. The molecule has 0 amide bonds. The van der Waals surface area contributed by atoms with E-state index < -0.39 is 0 Å². The van der Waals surface area contributed by atoms with Crippen molar-refractivity contribution in [2.75, 3.05) is 6.54 Å². The van der Waals surface area contributed by atoms with Crippen LogP contribution in [0.3, 0.4) is 0 Å². The summed E-state index contributed by atoms with van der Waals surface area (Å²) in [7, 11) is 0. The number of nitrogens with one attached hydrogen (secondary N) is 1. The van der Waals surface area contributed by atoms with Gasteiger partial charge in [0.15, 0.2) is 0 Å². The molecule has 0 aromatic heterocycles. The molecule has 0 heterocycles. The minimum atomic E-state index is 0.290. The third-order valence-corrected chi connectivity index (χ3v) is 2.86. The van der Waals surface area contributed by atoms with Crippen molar-refractivity contribution < 1.29 is 0 Å². The summed E-state index contributed by atoms with van der Waals surface area (Å²) in [6, 6.07) is 1.02. The zero-order valence-electron chi connectivity index (χ0n) is 7.80. The van der Waals surface area contributed by atoms with Crippen LogP contribution < -0.4 is 11.1 Å². The maximum Gasteiger partial charge on any atom is 0.0136 e. The van der Waals surface area contributed by atoms with Crippen molar-refractivity contribution in [2.24, 2.45) is 17.6 Å². The third kappa shape index (κ3) is 2.17. The number of hydrogen-bond acceptors (Lipinski definition) is 2. The van der Waals surface area contributed by atoms with Gasteiger partial charge < -0.3 is 11.1 Å². The normalized spacial score (nSPS) is 39.8. The second-order valence-corrected chi connectivity index (χ2v) is 4.06. The van der Waals surface area contributed by atoms with Gasteiger partial charge in [0.25, 0.3) is 0 Å². The Hall–Kier alpha value is -0.0800. The molecule has 66 valence electrons. The highest BCUT2D eigenvalue weighted by Gasteiger charge is 2.33. The molecule has 0 bridgehead atoms. The van der Waals surface area contributed by atoms with E-state index in [4.69, 9.17) is 5.73 Å². The van der Waals surface area contributed by atoms with Crippen molar-refractivity contribution in [1.29, 1.82) is 0 Å². The van der Waals surface area contributed by atoms with Gasteiger partial charge in [0, 0.05) is 18.6 Å². The van der Waals surface area contributed by atoms with E-state index in [9.17, 15) is 0 Å². The molecule has 0 aromatic carbocycles. The summed E-state index contributed by atoms with van der Waals surface area (Å²) in [5.74, 6) is 1.74. The van der Waals surface area contributed by atoms with Crippen LogP contribution in [-0.4, -0.2) is 18.6 Å². The Morgan fingerprint density at radius 1 is 1.55 bits per heavy atom. The molecule has 2 heteroatoms. The second-order valence-electron chi connectivity index (χ2n) is 4.06. The van der Waals surface area contributed by atoms with Crippen molar-refractivity contribution >= 4 is 0 Å². The molecule has 4 unspecified atom stereocenters. The molecule has 0 radical (unpaired) electrons. The van der Waals surface area contributed by atoms with Crippen LogP contribution in [0.4, 0.5) is 0 Å². The van der Waals surface area contributed by atoms with Gasteiger partial charge in [-0.1, -0.05) is 13.8 Å². The van der Waals surface area contributed by atoms with Gasteiger partial charge in [-0.25, -0.2) is 0 Å². The minimum Gasteiger partial charge on any atom is -0.327 e. The summed E-state index contributed by atoms with van der Waals surface area (Å²) in [6.45, 7) is 7.63. The van der Waals surface area contributed by atoms with Crippen molar-refractivity contribution in [3.8, 4) is 0 Å². The number of hydrogen-bond donors (Lipinski definition) is 2. The number of nitrogens with two attached hydrogens (primary N) is 1. The summed E-state index contributed by atoms with van der Waals surface area (Å²) >= 11 is 0. The van der Waals surface area contributed by atoms with E-state index in [0.29, 0.717) is 0 Å². The van der Waals surface area contributed by atoms with Gasteiger partial charge in [-0.05, 0) is 25.2 Å². The van der Waals surface area contributed by atoms with Crippen LogP contribution in [0.2, 0.25) is 0 Å². The lowest BCUT2D eigenvalue weighted by Crippen LogP contribution is -2.50. The first-order valence-corrected chi connectivity index (χ1v) is 4.60. The maximum absolute atomic E-state index is 5.64. The maximum atomic E-state index is 5.64. The average molecular weight is 156 g/mol. The lowest BCUT2D eigenvalue weighted by molar-refractivity contribution is 0.137. The van der Waals surface area contributed by atoms with Crippen molar-refractivity contribution in [2.45, 2.75) is 39.3 Å². The van der Waals surface area contributed by atoms with E-state index in [-0.39, 0.29) is 6.04 Å². The highest BCUT2D eigenvalue weighted by molar-refractivity contribution is 4.89. The molecular formula is C9H20N2. The van der Waals surface area contributed by atoms with Gasteiger partial charge in [-0.3, -0.25) is 0 Å². The van der Waals surface area contributed by atoms with Crippen LogP contribution in [0.25, 0.3) is 0 Å². The Bertz CT molecular complexity index is 123. The highest BCUT2D eigenvalue weighted by atomic mass is 15.0. The highest BCUT2D eigenvalue weighted by Crippen LogP contribution is 2.33. The first kappa shape index (κ1) is 9.01. The van der Waals surface area contributed by atoms with Crippen molar-refractivity contribution in [3.05, 3.63) is 0 Å². The Morgan fingerprint density at radius 2 is 2.18 bits per heavy atom. The average Bonchev–Trinajstić information content (AvgIpc) is 1.96. The van der Waals surface area contributed by atoms with Crippen LogP contribution in [0.5, 0.6) is 0 Å². The van der Waals surface area contributed by atoms with Gasteiger partial charge in [0.1, 0.15) is 0 Å². The van der Waals surface area contributed by atoms with Crippen LogP contribution in [0.15, 0.2) is 0 Å². The van der Waals surface area contributed by atoms with Crippen LogP contribution >= 0.6 is 0 Å². The standard InChI is InChI=1S/C9H20N2/c1-6-4-9(8(6)3)11-5-7(2)10/h6-9,11H,4-5,10H2,1-3H3. The largest absolute Gasteiger partial charge is 0.327 e. The zero-order valence-corrected chi connectivity index (χ0v) is 7.80. The zero-order chi connectivity index (χ0) is 8.43. The molecule has 2 nitrogen and oxygen atoms in total. The Kier molecular flexibility index (Phi) is 2.90. The molecule has 0 saturated heterocycles. The Labute approximate surface area is 69.5 Å². The SMILES string of the molecule is CC(N)CNC1CC(C)C1C. The Morgan fingerprint density at radius 3 is 2.55 bits per heavy atom. The third-order valence-electron chi connectivity index (χ3n) is 2.86. The summed E-state index contributed by atoms with van der Waals surface area (Å²) in [5.41, 5.74) is 5.64. The van der Waals surface area contributed by atoms with Crippen molar-refractivity contribution in [1.82, 2.24) is 5.32 Å². The summed E-state index contributed by atoms with van der Waals surface area (Å²) in [6.07, 6.45) is 1.33. The summed E-state index contributed by atoms with van der Waals surface area (Å²) < 4.78 is 0. The van der Waals surface area contributed by atoms with E-state index >= 15 is 0 Å². The van der Waals surface area contributed by atoms with Gasteiger partial charge in [-0.2, -0.15) is 0 Å². The molecular weight excluding hydrogens is 136 g/mol. The fraction of sp³-hybridized carbons (Fsp3) is 1.00. The van der Waals surface area contributed by atoms with Gasteiger partial charge in [-0.15, -0.1) is 0 Å². The summed E-state index contributed by atoms with van der Waals surface area (Å²) in [5, 5.41) is 3.47. The fourth-order valence-corrected chi connectivity index (χ4v) is 1.64. The predicted octanol–water partition coefficient (Wildman–Crippen LogP) is 0.968. The smallest absolute Gasteiger partial charge is 0.0136 e. The lowest BCUT2D eigenvalue weighted by Gasteiger charge is -2.41. The van der Waals surface area contributed by atoms with Gasteiger partial charge in [0.05, 0.1) is 0 Å². The van der Waals surface area contributed by atoms with E-state index in [0.717, 1.165) is 24.4 Å². The molecule has 4 atom stereocenters. The quantitative estimate of drug-likeness (QED) is 0.639. The van der Waals surface area contributed by atoms with E-state index in [2.05, 4.69) is 19.2 Å². The fourth-order valence-electron chi connectivity index (χ4n) is 1.64. The van der Waals surface area contributed by atoms with E-state index in [1.165, 1.54) is 6.42 Å². The van der Waals surface area contributed by atoms with Crippen LogP contribution in [0.1, 0.15) is 27.2 Å². The van der Waals surface area contributed by atoms with Crippen LogP contribution in [-0.2, 0) is 0 Å². The first-order valence-electron chi connectivity index (χ1n) is 4.60. The topological polar surface area (TPSA) is 38.0 Å². The van der Waals surface area contributed by atoms with E-state index in [1.54, 1.807) is 0 Å². The van der Waals surface area contributed by atoms with Gasteiger partial charge >= 0.3 is 0 Å². The lowest BCUT2D eigenvalue weighted by atomic mass is 9.71. The monoisotopic (exact) mass is 156 g/mol. The molecule has 1 saturated carbocycles. The predicted molar refractivity (Wildman–Crippen MR) is 48.4 cm³/mol. The molecule has 1 rings (SSSR count). The molecule has 1 aliphatic carbocycles. The minimum absolute atomic E-state index is 0.290. The van der Waals surface area contributed by atoms with Crippen molar-refractivity contribution in [3.63, 3.8) is 0 Å².